The van der Waals surface area contributed by atoms with Crippen LogP contribution in [0.2, 0.25) is 0 Å². The molecule has 0 saturated carbocycles. The van der Waals surface area contributed by atoms with Crippen molar-refractivity contribution >= 4 is 6.41 Å². The lowest BCUT2D eigenvalue weighted by molar-refractivity contribution is -0.119. The molecule has 92 valence electrons. The number of aromatic amines is 1. The maximum absolute atomic E-state index is 11.7. The van der Waals surface area contributed by atoms with E-state index in [-0.39, 0.29) is 11.5 Å². The van der Waals surface area contributed by atoms with E-state index in [2.05, 4.69) is 9.97 Å². The minimum absolute atomic E-state index is 0.0321. The Kier molecular flexibility index (Phi) is 3.56. The molecule has 0 aromatic carbocycles. The second kappa shape index (κ2) is 5.12. The van der Waals surface area contributed by atoms with Crippen LogP contribution in [0.25, 0.3) is 0 Å². The highest BCUT2D eigenvalue weighted by Gasteiger charge is 2.21. The molecule has 1 aliphatic rings. The highest BCUT2D eigenvalue weighted by molar-refractivity contribution is 5.47. The summed E-state index contributed by atoms with van der Waals surface area (Å²) in [5, 5.41) is 0. The van der Waals surface area contributed by atoms with Crippen LogP contribution in [0.4, 0.5) is 0 Å². The van der Waals surface area contributed by atoms with Gasteiger partial charge in [-0.3, -0.25) is 9.59 Å². The van der Waals surface area contributed by atoms with E-state index in [0.29, 0.717) is 6.42 Å². The molecule has 0 unspecified atom stereocenters. The maximum Gasteiger partial charge on any atom is 0.254 e. The Balaban J connectivity index is 2.11. The van der Waals surface area contributed by atoms with Gasteiger partial charge < -0.3 is 9.88 Å². The molecule has 2 rings (SSSR count). The number of H-pyrrole nitrogens is 1. The average molecular weight is 235 g/mol. The van der Waals surface area contributed by atoms with Crippen LogP contribution in [-0.4, -0.2) is 34.4 Å². The predicted octanol–water partition coefficient (Wildman–Crippen LogP) is 0.668. The summed E-state index contributed by atoms with van der Waals surface area (Å²) >= 11 is 0. The summed E-state index contributed by atoms with van der Waals surface area (Å²) in [7, 11) is 0. The highest BCUT2D eigenvalue weighted by atomic mass is 16.1. The summed E-state index contributed by atoms with van der Waals surface area (Å²) in [4.78, 5) is 31.2. The van der Waals surface area contributed by atoms with Crippen LogP contribution in [-0.2, 0) is 11.2 Å². The summed E-state index contributed by atoms with van der Waals surface area (Å²) in [6.07, 6.45) is 4.99. The Hall–Kier alpha value is -1.65. The van der Waals surface area contributed by atoms with Crippen LogP contribution < -0.4 is 5.56 Å². The second-order valence-corrected chi connectivity index (χ2v) is 4.39. The largest absolute Gasteiger partial charge is 0.345 e. The summed E-state index contributed by atoms with van der Waals surface area (Å²) in [5.41, 5.74) is 0.689. The smallest absolute Gasteiger partial charge is 0.254 e. The number of nitrogens with zero attached hydrogens (tertiary/aromatic N) is 2. The molecule has 0 atom stereocenters. The molecule has 1 saturated heterocycles. The number of hydrogen-bond donors (Lipinski definition) is 1. The predicted molar refractivity (Wildman–Crippen MR) is 63.8 cm³/mol. The van der Waals surface area contributed by atoms with Gasteiger partial charge in [-0.25, -0.2) is 4.98 Å². The number of nitrogens with one attached hydrogen (secondary N) is 1. The molecule has 0 bridgehead atoms. The van der Waals surface area contributed by atoms with E-state index in [9.17, 15) is 9.59 Å². The van der Waals surface area contributed by atoms with Crippen LogP contribution in [0.5, 0.6) is 0 Å². The van der Waals surface area contributed by atoms with Crippen molar-refractivity contribution in [3.63, 3.8) is 0 Å². The Morgan fingerprint density at radius 1 is 1.53 bits per heavy atom. The second-order valence-electron chi connectivity index (χ2n) is 4.39. The van der Waals surface area contributed by atoms with Gasteiger partial charge in [0.05, 0.1) is 0 Å². The third kappa shape index (κ3) is 2.54. The summed E-state index contributed by atoms with van der Waals surface area (Å²) < 4.78 is 0. The third-order valence-corrected chi connectivity index (χ3v) is 3.34. The van der Waals surface area contributed by atoms with E-state index in [1.807, 2.05) is 6.92 Å². The van der Waals surface area contributed by atoms with Crippen LogP contribution >= 0.6 is 0 Å². The van der Waals surface area contributed by atoms with Crippen LogP contribution in [0, 0.1) is 0 Å². The van der Waals surface area contributed by atoms with E-state index in [4.69, 9.17) is 0 Å². The SMILES string of the molecule is CCc1cnc(C2CCN(C=O)CC2)[nH]c1=O. The molecule has 1 aliphatic heterocycles. The Labute approximate surface area is 99.9 Å². The molecule has 0 radical (unpaired) electrons. The zero-order chi connectivity index (χ0) is 12.3. The molecular formula is C12H17N3O2. The zero-order valence-corrected chi connectivity index (χ0v) is 9.98. The number of aromatic nitrogens is 2. The van der Waals surface area contributed by atoms with E-state index in [1.54, 1.807) is 11.1 Å². The monoisotopic (exact) mass is 235 g/mol. The summed E-state index contributed by atoms with van der Waals surface area (Å²) in [5.74, 6) is 1.03. The quantitative estimate of drug-likeness (QED) is 0.783. The Morgan fingerprint density at radius 2 is 2.24 bits per heavy atom. The summed E-state index contributed by atoms with van der Waals surface area (Å²) in [6.45, 7) is 3.43. The van der Waals surface area contributed by atoms with Crippen molar-refractivity contribution in [2.24, 2.45) is 0 Å². The Bertz CT molecular complexity index is 447. The van der Waals surface area contributed by atoms with Crippen LogP contribution in [0.3, 0.4) is 0 Å². The van der Waals surface area contributed by atoms with Gasteiger partial charge in [0.25, 0.3) is 5.56 Å². The summed E-state index contributed by atoms with van der Waals surface area (Å²) in [6, 6.07) is 0. The first kappa shape index (κ1) is 11.8. The first-order valence-corrected chi connectivity index (χ1v) is 6.02. The minimum Gasteiger partial charge on any atom is -0.345 e. The van der Waals surface area contributed by atoms with Gasteiger partial charge in [-0.15, -0.1) is 0 Å². The van der Waals surface area contributed by atoms with Crippen LogP contribution in [0.1, 0.15) is 37.1 Å². The lowest BCUT2D eigenvalue weighted by Crippen LogP contribution is -2.32. The van der Waals surface area contributed by atoms with Crippen molar-refractivity contribution in [1.29, 1.82) is 0 Å². The minimum atomic E-state index is -0.0321. The van der Waals surface area contributed by atoms with Crippen molar-refractivity contribution in [2.75, 3.05) is 13.1 Å². The van der Waals surface area contributed by atoms with Crippen LogP contribution in [0.15, 0.2) is 11.0 Å². The van der Waals surface area contributed by atoms with E-state index >= 15 is 0 Å². The van der Waals surface area contributed by atoms with Crippen molar-refractivity contribution in [2.45, 2.75) is 32.1 Å². The lowest BCUT2D eigenvalue weighted by Gasteiger charge is -2.28. The average Bonchev–Trinajstić information content (AvgIpc) is 2.39. The van der Waals surface area contributed by atoms with Crippen molar-refractivity contribution < 1.29 is 4.79 Å². The topological polar surface area (TPSA) is 66.1 Å². The van der Waals surface area contributed by atoms with E-state index in [1.165, 1.54) is 0 Å². The lowest BCUT2D eigenvalue weighted by atomic mass is 9.96. The molecule has 1 fully saturated rings. The number of amides is 1. The third-order valence-electron chi connectivity index (χ3n) is 3.34. The molecule has 0 aliphatic carbocycles. The number of carbonyl (C=O) groups is 1. The zero-order valence-electron chi connectivity index (χ0n) is 9.98. The molecule has 5 heteroatoms. The van der Waals surface area contributed by atoms with Gasteiger partial charge in [0, 0.05) is 30.8 Å². The number of rotatable bonds is 3. The van der Waals surface area contributed by atoms with Gasteiger partial charge in [0.1, 0.15) is 5.82 Å². The van der Waals surface area contributed by atoms with Crippen molar-refractivity contribution in [3.05, 3.63) is 27.9 Å². The van der Waals surface area contributed by atoms with Gasteiger partial charge in [-0.1, -0.05) is 6.92 Å². The number of piperidine rings is 1. The number of hydrogen-bond acceptors (Lipinski definition) is 3. The molecule has 1 aromatic rings. The standard InChI is InChI=1S/C12H17N3O2/c1-2-9-7-13-11(14-12(9)17)10-3-5-15(8-16)6-4-10/h7-8,10H,2-6H2,1H3,(H,13,14,17). The fraction of sp³-hybridized carbons (Fsp3) is 0.583. The molecular weight excluding hydrogens is 218 g/mol. The molecule has 0 spiro atoms. The van der Waals surface area contributed by atoms with Gasteiger partial charge in [0.2, 0.25) is 6.41 Å². The highest BCUT2D eigenvalue weighted by Crippen LogP contribution is 2.23. The van der Waals surface area contributed by atoms with Gasteiger partial charge in [0.15, 0.2) is 0 Å². The maximum atomic E-state index is 11.7. The Morgan fingerprint density at radius 3 is 2.76 bits per heavy atom. The fourth-order valence-electron chi connectivity index (χ4n) is 2.17. The van der Waals surface area contributed by atoms with Crippen molar-refractivity contribution in [3.8, 4) is 0 Å². The molecule has 1 aromatic heterocycles. The number of likely N-dealkylation sites (tertiary alicyclic amines) is 1. The molecule has 17 heavy (non-hydrogen) atoms. The molecule has 2 heterocycles. The number of carbonyl (C=O) groups excluding carboxylic acids is 1. The van der Waals surface area contributed by atoms with Gasteiger partial charge in [-0.05, 0) is 19.3 Å². The first-order chi connectivity index (χ1) is 8.24. The normalized spacial score (nSPS) is 17.1. The molecule has 1 amide bonds. The molecule has 1 N–H and O–H groups in total. The van der Waals surface area contributed by atoms with Crippen molar-refractivity contribution in [1.82, 2.24) is 14.9 Å². The number of aryl methyl sites for hydroxylation is 1. The van der Waals surface area contributed by atoms with E-state index in [0.717, 1.165) is 43.7 Å². The van der Waals surface area contributed by atoms with Gasteiger partial charge >= 0.3 is 0 Å². The van der Waals surface area contributed by atoms with Gasteiger partial charge in [-0.2, -0.15) is 0 Å². The van der Waals surface area contributed by atoms with E-state index < -0.39 is 0 Å². The fourth-order valence-corrected chi connectivity index (χ4v) is 2.17. The molecule has 5 nitrogen and oxygen atoms in total. The first-order valence-electron chi connectivity index (χ1n) is 6.02.